The molecule has 0 aliphatic rings. The van der Waals surface area contributed by atoms with Crippen LogP contribution < -0.4 is 19.5 Å². The Morgan fingerprint density at radius 1 is 1.09 bits per heavy atom. The van der Waals surface area contributed by atoms with Gasteiger partial charge in [0.1, 0.15) is 30.6 Å². The molecule has 0 aromatic heterocycles. The van der Waals surface area contributed by atoms with Crippen molar-refractivity contribution in [2.45, 2.75) is 6.61 Å². The zero-order valence-corrected chi connectivity index (χ0v) is 20.2. The normalized spacial score (nSPS) is 10.6. The number of benzene rings is 3. The molecule has 0 atom stereocenters. The molecule has 0 aliphatic heterocycles. The second kappa shape index (κ2) is 12.4. The maximum absolute atomic E-state index is 12.7. The number of hydrogen-bond acceptors (Lipinski definition) is 5. The first-order valence-electron chi connectivity index (χ1n) is 10.3. The van der Waals surface area contributed by atoms with E-state index in [-0.39, 0.29) is 23.0 Å². The van der Waals surface area contributed by atoms with Crippen LogP contribution in [0.3, 0.4) is 0 Å². The van der Waals surface area contributed by atoms with Gasteiger partial charge in [-0.25, -0.2) is 0 Å². The van der Waals surface area contributed by atoms with Crippen LogP contribution in [0.25, 0.3) is 6.08 Å². The van der Waals surface area contributed by atoms with Crippen molar-refractivity contribution in [3.8, 4) is 35.7 Å². The van der Waals surface area contributed by atoms with Crippen LogP contribution in [-0.2, 0) is 11.4 Å². The van der Waals surface area contributed by atoms with E-state index in [0.717, 1.165) is 5.56 Å². The van der Waals surface area contributed by atoms with Gasteiger partial charge >= 0.3 is 0 Å². The van der Waals surface area contributed by atoms with Crippen LogP contribution in [-0.4, -0.2) is 19.6 Å². The van der Waals surface area contributed by atoms with Crippen LogP contribution in [0.4, 0.5) is 5.69 Å². The highest BCUT2D eigenvalue weighted by atomic mass is 35.5. The topological polar surface area (TPSA) is 80.6 Å². The number of ether oxygens (including phenoxy) is 3. The van der Waals surface area contributed by atoms with Gasteiger partial charge in [-0.3, -0.25) is 4.79 Å². The van der Waals surface area contributed by atoms with Crippen molar-refractivity contribution < 1.29 is 19.0 Å². The highest BCUT2D eigenvalue weighted by molar-refractivity contribution is 6.32. The molecule has 0 heterocycles. The molecule has 6 nitrogen and oxygen atoms in total. The maximum Gasteiger partial charge on any atom is 0.266 e. The van der Waals surface area contributed by atoms with Gasteiger partial charge in [-0.15, -0.1) is 6.42 Å². The van der Waals surface area contributed by atoms with Gasteiger partial charge in [0.05, 0.1) is 12.1 Å². The zero-order valence-electron chi connectivity index (χ0n) is 18.7. The molecule has 1 N–H and O–H groups in total. The molecule has 0 spiro atoms. The summed E-state index contributed by atoms with van der Waals surface area (Å²) in [6.45, 7) is 0.326. The number of hydrogen-bond donors (Lipinski definition) is 1. The molecule has 176 valence electrons. The Bertz CT molecular complexity index is 1320. The molecule has 3 rings (SSSR count). The number of halogens is 2. The summed E-state index contributed by atoms with van der Waals surface area (Å²) >= 11 is 12.4. The Balaban J connectivity index is 1.69. The first kappa shape index (κ1) is 25.5. The lowest BCUT2D eigenvalue weighted by molar-refractivity contribution is -0.112. The van der Waals surface area contributed by atoms with Crippen molar-refractivity contribution in [1.82, 2.24) is 0 Å². The van der Waals surface area contributed by atoms with E-state index in [0.29, 0.717) is 34.4 Å². The molecule has 0 fully saturated rings. The second-order valence-corrected chi connectivity index (χ2v) is 7.87. The van der Waals surface area contributed by atoms with Crippen LogP contribution >= 0.6 is 23.2 Å². The van der Waals surface area contributed by atoms with Crippen LogP contribution in [0.1, 0.15) is 11.1 Å². The van der Waals surface area contributed by atoms with E-state index in [1.807, 2.05) is 24.3 Å². The van der Waals surface area contributed by atoms with Crippen molar-refractivity contribution in [3.63, 3.8) is 0 Å². The molecule has 0 saturated carbocycles. The average Bonchev–Trinajstić information content (AvgIpc) is 2.86. The monoisotopic (exact) mass is 506 g/mol. The Morgan fingerprint density at radius 2 is 1.83 bits per heavy atom. The summed E-state index contributed by atoms with van der Waals surface area (Å²) in [6, 6.07) is 19.2. The van der Waals surface area contributed by atoms with Gasteiger partial charge in [0.15, 0.2) is 11.5 Å². The maximum atomic E-state index is 12.7. The fraction of sp³-hybridized carbons (Fsp3) is 0.111. The molecular weight excluding hydrogens is 487 g/mol. The van der Waals surface area contributed by atoms with E-state index < -0.39 is 5.91 Å². The lowest BCUT2D eigenvalue weighted by Gasteiger charge is -2.12. The number of nitrogens with one attached hydrogen (secondary N) is 1. The van der Waals surface area contributed by atoms with Crippen molar-refractivity contribution in [2.75, 3.05) is 19.0 Å². The van der Waals surface area contributed by atoms with Gasteiger partial charge in [0.2, 0.25) is 0 Å². The average molecular weight is 507 g/mol. The van der Waals surface area contributed by atoms with Gasteiger partial charge in [-0.05, 0) is 54.1 Å². The van der Waals surface area contributed by atoms with Gasteiger partial charge in [-0.1, -0.05) is 47.3 Å². The number of nitrogens with zero attached hydrogens (tertiary/aromatic N) is 1. The zero-order chi connectivity index (χ0) is 25.2. The minimum Gasteiger partial charge on any atom is -0.493 e. The highest BCUT2D eigenvalue weighted by Gasteiger charge is 2.14. The van der Waals surface area contributed by atoms with E-state index in [1.54, 1.807) is 42.5 Å². The van der Waals surface area contributed by atoms with Crippen molar-refractivity contribution in [3.05, 3.63) is 87.4 Å². The summed E-state index contributed by atoms with van der Waals surface area (Å²) in [4.78, 5) is 12.7. The summed E-state index contributed by atoms with van der Waals surface area (Å²) in [7, 11) is 1.45. The van der Waals surface area contributed by atoms with E-state index in [9.17, 15) is 10.1 Å². The summed E-state index contributed by atoms with van der Waals surface area (Å²) in [5.41, 5.74) is 1.71. The Morgan fingerprint density at radius 3 is 2.49 bits per heavy atom. The van der Waals surface area contributed by atoms with Crippen molar-refractivity contribution >= 4 is 40.9 Å². The number of nitriles is 1. The lowest BCUT2D eigenvalue weighted by Crippen LogP contribution is -2.13. The largest absolute Gasteiger partial charge is 0.493 e. The van der Waals surface area contributed by atoms with Gasteiger partial charge in [0, 0.05) is 16.3 Å². The SMILES string of the molecule is C#CCOc1c(Cl)cc(/C=C(\C#N)C(=O)Nc2ccc(OCc3ccccc3Cl)cc2)cc1OC. The quantitative estimate of drug-likeness (QED) is 0.214. The molecular formula is C27H20Cl2N2O4. The minimum absolute atomic E-state index is 0.0148. The Labute approximate surface area is 213 Å². The fourth-order valence-electron chi connectivity index (χ4n) is 3.00. The van der Waals surface area contributed by atoms with Crippen molar-refractivity contribution in [1.29, 1.82) is 5.26 Å². The number of anilines is 1. The summed E-state index contributed by atoms with van der Waals surface area (Å²) in [6.07, 6.45) is 6.62. The van der Waals surface area contributed by atoms with Gasteiger partial charge in [-0.2, -0.15) is 5.26 Å². The minimum atomic E-state index is -0.583. The molecule has 3 aromatic carbocycles. The van der Waals surface area contributed by atoms with Crippen molar-refractivity contribution in [2.24, 2.45) is 0 Å². The number of amides is 1. The fourth-order valence-corrected chi connectivity index (χ4v) is 3.47. The summed E-state index contributed by atoms with van der Waals surface area (Å²) in [5.74, 6) is 2.98. The van der Waals surface area contributed by atoms with E-state index in [2.05, 4.69) is 11.2 Å². The van der Waals surface area contributed by atoms with Gasteiger partial charge in [0.25, 0.3) is 5.91 Å². The summed E-state index contributed by atoms with van der Waals surface area (Å²) < 4.78 is 16.4. The third kappa shape index (κ3) is 6.94. The molecule has 8 heteroatoms. The first-order chi connectivity index (χ1) is 16.9. The number of rotatable bonds is 9. The van der Waals surface area contributed by atoms with Gasteiger partial charge < -0.3 is 19.5 Å². The van der Waals surface area contributed by atoms with Crippen LogP contribution in [0.15, 0.2) is 66.2 Å². The summed E-state index contributed by atoms with van der Waals surface area (Å²) in [5, 5.41) is 13.1. The van der Waals surface area contributed by atoms with Crippen LogP contribution in [0, 0.1) is 23.7 Å². The molecule has 1 amide bonds. The predicted octanol–water partition coefficient (Wildman–Crippen LogP) is 6.14. The predicted molar refractivity (Wildman–Crippen MR) is 137 cm³/mol. The first-order valence-corrected chi connectivity index (χ1v) is 11.0. The van der Waals surface area contributed by atoms with Crippen LogP contribution in [0.5, 0.6) is 17.2 Å². The molecule has 0 unspecified atom stereocenters. The lowest BCUT2D eigenvalue weighted by atomic mass is 10.1. The van der Waals surface area contributed by atoms with E-state index in [1.165, 1.54) is 13.2 Å². The smallest absolute Gasteiger partial charge is 0.266 e. The third-order valence-corrected chi connectivity index (χ3v) is 5.34. The number of terminal acetylenes is 1. The van der Waals surface area contributed by atoms with E-state index in [4.69, 9.17) is 43.8 Å². The molecule has 0 radical (unpaired) electrons. The molecule has 0 aliphatic carbocycles. The third-order valence-electron chi connectivity index (χ3n) is 4.69. The number of methoxy groups -OCH3 is 1. The Kier molecular flexibility index (Phi) is 9.03. The number of carbonyl (C=O) groups excluding carboxylic acids is 1. The highest BCUT2D eigenvalue weighted by Crippen LogP contribution is 2.37. The number of carbonyl (C=O) groups is 1. The molecule has 0 saturated heterocycles. The Hall–Kier alpha value is -4.10. The standard InChI is InChI=1S/C27H20Cl2N2O4/c1-3-12-34-26-24(29)14-18(15-25(26)33-2)13-20(16-30)27(32)31-21-8-10-22(11-9-21)35-17-19-6-4-5-7-23(19)28/h1,4-11,13-15H,12,17H2,2H3,(H,31,32)/b20-13+. The molecule has 0 bridgehead atoms. The van der Waals surface area contributed by atoms with E-state index >= 15 is 0 Å². The molecule has 3 aromatic rings. The molecule has 35 heavy (non-hydrogen) atoms. The van der Waals surface area contributed by atoms with Crippen LogP contribution in [0.2, 0.25) is 10.0 Å². The second-order valence-electron chi connectivity index (χ2n) is 7.06.